The van der Waals surface area contributed by atoms with E-state index in [0.29, 0.717) is 0 Å². The van der Waals surface area contributed by atoms with Gasteiger partial charge in [-0.3, -0.25) is 0 Å². The van der Waals surface area contributed by atoms with Gasteiger partial charge in [-0.05, 0) is 33.9 Å². The predicted octanol–water partition coefficient (Wildman–Crippen LogP) is 7.30. The normalized spacial score (nSPS) is 14.3. The number of rotatable bonds is 1. The Morgan fingerprint density at radius 3 is 2.21 bits per heavy atom. The van der Waals surface area contributed by atoms with Crippen molar-refractivity contribution in [1.29, 1.82) is 0 Å². The zero-order chi connectivity index (χ0) is 19.8. The maximum Gasteiger partial charge on any atom is 0.0571 e. The Morgan fingerprint density at radius 2 is 1.38 bits per heavy atom. The zero-order valence-corrected chi connectivity index (χ0v) is 17.0. The van der Waals surface area contributed by atoms with Crippen LogP contribution in [0, 0.1) is 0 Å². The maximum atomic E-state index is 2.40. The van der Waals surface area contributed by atoms with E-state index in [2.05, 4.69) is 110 Å². The Bertz CT molecular complexity index is 1420. The van der Waals surface area contributed by atoms with Gasteiger partial charge in [0.05, 0.1) is 5.52 Å². The molecule has 0 saturated heterocycles. The van der Waals surface area contributed by atoms with Crippen molar-refractivity contribution in [3.05, 3.63) is 96.1 Å². The van der Waals surface area contributed by atoms with Crippen LogP contribution in [-0.4, -0.2) is 4.57 Å². The number of hydrogen-bond donors (Lipinski definition) is 0. The van der Waals surface area contributed by atoms with Crippen molar-refractivity contribution in [2.45, 2.75) is 19.3 Å². The Hall–Kier alpha value is -3.32. The van der Waals surface area contributed by atoms with E-state index in [-0.39, 0.29) is 5.41 Å². The van der Waals surface area contributed by atoms with Crippen molar-refractivity contribution in [3.63, 3.8) is 0 Å². The summed E-state index contributed by atoms with van der Waals surface area (Å²) in [5, 5.41) is 2.67. The number of benzene rings is 4. The third-order valence-electron chi connectivity index (χ3n) is 6.81. The molecule has 0 amide bonds. The molecule has 0 spiro atoms. The second-order valence-corrected chi connectivity index (χ2v) is 8.71. The lowest BCUT2D eigenvalue weighted by atomic mass is 9.82. The molecule has 4 aromatic carbocycles. The summed E-state index contributed by atoms with van der Waals surface area (Å²) >= 11 is 0. The topological polar surface area (TPSA) is 4.93 Å². The molecule has 1 aliphatic carbocycles. The highest BCUT2D eigenvalue weighted by Crippen LogP contribution is 2.52. The Balaban J connectivity index is 1.72. The first-order chi connectivity index (χ1) is 14.1. The van der Waals surface area contributed by atoms with E-state index in [4.69, 9.17) is 0 Å². The molecule has 1 aliphatic rings. The van der Waals surface area contributed by atoms with Crippen molar-refractivity contribution in [3.8, 4) is 22.3 Å². The summed E-state index contributed by atoms with van der Waals surface area (Å²) in [5.41, 5.74) is 10.8. The van der Waals surface area contributed by atoms with E-state index in [9.17, 15) is 0 Å². The van der Waals surface area contributed by atoms with E-state index < -0.39 is 0 Å². The Kier molecular flexibility index (Phi) is 3.21. The molecule has 1 heteroatoms. The average molecular weight is 373 g/mol. The molecule has 5 aromatic rings. The SMILES string of the molecule is Cn1c2cc(-c3ccccc3)ccc2c2ccc3c(c21)-c1ccccc1C3(C)C. The Labute approximate surface area is 171 Å². The standard InChI is InChI=1S/C28H23N/c1-28(2)23-12-8-7-11-22(23)26-24(28)16-15-21-20-14-13-19(18-9-5-4-6-10-18)17-25(20)29(3)27(21)26/h4-17H,1-3H3. The summed E-state index contributed by atoms with van der Waals surface area (Å²) in [4.78, 5) is 0. The van der Waals surface area contributed by atoms with E-state index in [0.717, 1.165) is 0 Å². The molecule has 0 saturated carbocycles. The highest BCUT2D eigenvalue weighted by Gasteiger charge is 2.37. The lowest BCUT2D eigenvalue weighted by molar-refractivity contribution is 0.660. The van der Waals surface area contributed by atoms with Gasteiger partial charge in [-0.25, -0.2) is 0 Å². The molecule has 0 radical (unpaired) electrons. The van der Waals surface area contributed by atoms with Crippen LogP contribution < -0.4 is 0 Å². The van der Waals surface area contributed by atoms with E-state index >= 15 is 0 Å². The molecule has 0 N–H and O–H groups in total. The first kappa shape index (κ1) is 16.6. The monoisotopic (exact) mass is 373 g/mol. The fourth-order valence-corrected chi connectivity index (χ4v) is 5.31. The van der Waals surface area contributed by atoms with Crippen LogP contribution in [0.15, 0.2) is 84.9 Å². The van der Waals surface area contributed by atoms with Crippen LogP contribution in [0.25, 0.3) is 44.1 Å². The summed E-state index contributed by atoms with van der Waals surface area (Å²) in [5.74, 6) is 0. The lowest BCUT2D eigenvalue weighted by Crippen LogP contribution is -2.14. The third-order valence-corrected chi connectivity index (χ3v) is 6.81. The van der Waals surface area contributed by atoms with Crippen molar-refractivity contribution >= 4 is 21.8 Å². The summed E-state index contributed by atoms with van der Waals surface area (Å²) in [6, 6.07) is 31.1. The minimum atomic E-state index is 0.0335. The fraction of sp³-hybridized carbons (Fsp3) is 0.143. The largest absolute Gasteiger partial charge is 0.343 e. The summed E-state index contributed by atoms with van der Waals surface area (Å²) in [7, 11) is 2.22. The number of fused-ring (bicyclic) bond motifs is 7. The molecule has 0 fully saturated rings. The van der Waals surface area contributed by atoms with Gasteiger partial charge in [0.2, 0.25) is 0 Å². The van der Waals surface area contributed by atoms with E-state index in [1.54, 1.807) is 0 Å². The maximum absolute atomic E-state index is 2.40. The highest BCUT2D eigenvalue weighted by molar-refractivity contribution is 6.15. The molecule has 0 aliphatic heterocycles. The summed E-state index contributed by atoms with van der Waals surface area (Å²) in [6.45, 7) is 4.69. The van der Waals surface area contributed by atoms with Gasteiger partial charge in [0.25, 0.3) is 0 Å². The molecular weight excluding hydrogens is 350 g/mol. The quantitative estimate of drug-likeness (QED) is 0.290. The summed E-state index contributed by atoms with van der Waals surface area (Å²) < 4.78 is 2.40. The van der Waals surface area contributed by atoms with Crippen molar-refractivity contribution in [2.75, 3.05) is 0 Å². The molecule has 140 valence electrons. The fourth-order valence-electron chi connectivity index (χ4n) is 5.31. The van der Waals surface area contributed by atoms with Crippen molar-refractivity contribution in [2.24, 2.45) is 7.05 Å². The minimum Gasteiger partial charge on any atom is -0.343 e. The molecule has 29 heavy (non-hydrogen) atoms. The first-order valence-corrected chi connectivity index (χ1v) is 10.3. The second-order valence-electron chi connectivity index (χ2n) is 8.71. The number of nitrogens with zero attached hydrogens (tertiary/aromatic N) is 1. The van der Waals surface area contributed by atoms with Gasteiger partial charge in [-0.15, -0.1) is 0 Å². The molecule has 1 nitrogen and oxygen atoms in total. The van der Waals surface area contributed by atoms with E-state index in [1.165, 1.54) is 55.2 Å². The van der Waals surface area contributed by atoms with Gasteiger partial charge in [-0.2, -0.15) is 0 Å². The van der Waals surface area contributed by atoms with Crippen LogP contribution in [-0.2, 0) is 12.5 Å². The van der Waals surface area contributed by atoms with Crippen LogP contribution in [0.4, 0.5) is 0 Å². The Morgan fingerprint density at radius 1 is 0.655 bits per heavy atom. The number of hydrogen-bond acceptors (Lipinski definition) is 0. The molecule has 6 rings (SSSR count). The molecule has 1 aromatic heterocycles. The first-order valence-electron chi connectivity index (χ1n) is 10.3. The number of aromatic nitrogens is 1. The van der Waals surface area contributed by atoms with Crippen LogP contribution >= 0.6 is 0 Å². The van der Waals surface area contributed by atoms with Crippen LogP contribution in [0.2, 0.25) is 0 Å². The highest BCUT2D eigenvalue weighted by atomic mass is 14.9. The molecule has 0 bridgehead atoms. The molecule has 0 unspecified atom stereocenters. The average Bonchev–Trinajstić information content (AvgIpc) is 3.18. The predicted molar refractivity (Wildman–Crippen MR) is 123 cm³/mol. The van der Waals surface area contributed by atoms with Crippen molar-refractivity contribution < 1.29 is 0 Å². The van der Waals surface area contributed by atoms with Crippen LogP contribution in [0.5, 0.6) is 0 Å². The van der Waals surface area contributed by atoms with Gasteiger partial charge in [0, 0.05) is 34.3 Å². The van der Waals surface area contributed by atoms with Gasteiger partial charge >= 0.3 is 0 Å². The molecule has 1 heterocycles. The number of aryl methyl sites for hydroxylation is 1. The molecular formula is C28H23N. The molecule has 0 atom stereocenters. The minimum absolute atomic E-state index is 0.0335. The smallest absolute Gasteiger partial charge is 0.0571 e. The van der Waals surface area contributed by atoms with Crippen LogP contribution in [0.3, 0.4) is 0 Å². The second kappa shape index (κ2) is 5.61. The zero-order valence-electron chi connectivity index (χ0n) is 17.0. The summed E-state index contributed by atoms with van der Waals surface area (Å²) in [6.07, 6.45) is 0. The van der Waals surface area contributed by atoms with E-state index in [1.807, 2.05) is 0 Å². The lowest BCUT2D eigenvalue weighted by Gasteiger charge is -2.21. The van der Waals surface area contributed by atoms with Gasteiger partial charge in [-0.1, -0.05) is 92.7 Å². The van der Waals surface area contributed by atoms with Crippen LogP contribution in [0.1, 0.15) is 25.0 Å². The van der Waals surface area contributed by atoms with Crippen molar-refractivity contribution in [1.82, 2.24) is 4.57 Å². The van der Waals surface area contributed by atoms with Gasteiger partial charge in [0.1, 0.15) is 0 Å². The van der Waals surface area contributed by atoms with Gasteiger partial charge < -0.3 is 4.57 Å². The third kappa shape index (κ3) is 2.10. The van der Waals surface area contributed by atoms with Gasteiger partial charge in [0.15, 0.2) is 0 Å².